The minimum atomic E-state index is -3.45. The molecule has 1 heterocycles. The molecule has 0 bridgehead atoms. The highest BCUT2D eigenvalue weighted by molar-refractivity contribution is 7.89. The van der Waals surface area contributed by atoms with Crippen molar-refractivity contribution >= 4 is 21.4 Å². The van der Waals surface area contributed by atoms with Gasteiger partial charge in [0.15, 0.2) is 0 Å². The lowest BCUT2D eigenvalue weighted by Gasteiger charge is -2.21. The molecule has 1 fully saturated rings. The Morgan fingerprint density at radius 2 is 2.05 bits per heavy atom. The van der Waals surface area contributed by atoms with Gasteiger partial charge in [0.1, 0.15) is 5.01 Å². The van der Waals surface area contributed by atoms with Crippen molar-refractivity contribution < 1.29 is 8.42 Å². The molecule has 0 aliphatic heterocycles. The Hall–Kier alpha value is -1.24. The van der Waals surface area contributed by atoms with Crippen molar-refractivity contribution in [1.29, 1.82) is 0 Å². The SMILES string of the molecule is Cc1ccc(S(=O)(=O)N(Cc2nccs2)C2CC2)cc1C. The second-order valence-electron chi connectivity index (χ2n) is 5.45. The largest absolute Gasteiger partial charge is 0.248 e. The van der Waals surface area contributed by atoms with Crippen LogP contribution in [0.4, 0.5) is 0 Å². The minimum Gasteiger partial charge on any atom is -0.248 e. The highest BCUT2D eigenvalue weighted by Gasteiger charge is 2.38. The third-order valence-electron chi connectivity index (χ3n) is 3.81. The van der Waals surface area contributed by atoms with Crippen molar-refractivity contribution in [2.24, 2.45) is 0 Å². The first-order chi connectivity index (χ1) is 9.98. The van der Waals surface area contributed by atoms with E-state index < -0.39 is 10.0 Å². The van der Waals surface area contributed by atoms with Gasteiger partial charge in [-0.05, 0) is 49.9 Å². The zero-order valence-electron chi connectivity index (χ0n) is 12.1. The van der Waals surface area contributed by atoms with Crippen molar-refractivity contribution in [2.45, 2.75) is 44.2 Å². The van der Waals surface area contributed by atoms with E-state index in [-0.39, 0.29) is 6.04 Å². The molecular formula is C15H18N2O2S2. The molecule has 1 aromatic carbocycles. The molecule has 0 unspecified atom stereocenters. The number of thiazole rings is 1. The number of rotatable bonds is 5. The van der Waals surface area contributed by atoms with E-state index in [2.05, 4.69) is 4.98 Å². The predicted molar refractivity (Wildman–Crippen MR) is 83.8 cm³/mol. The lowest BCUT2D eigenvalue weighted by molar-refractivity contribution is 0.398. The predicted octanol–water partition coefficient (Wildman–Crippen LogP) is 3.11. The molecule has 1 aromatic heterocycles. The first-order valence-electron chi connectivity index (χ1n) is 6.96. The van der Waals surface area contributed by atoms with Crippen LogP contribution in [-0.4, -0.2) is 23.7 Å². The summed E-state index contributed by atoms with van der Waals surface area (Å²) in [4.78, 5) is 4.60. The van der Waals surface area contributed by atoms with Gasteiger partial charge in [-0.2, -0.15) is 4.31 Å². The van der Waals surface area contributed by atoms with Gasteiger partial charge in [0, 0.05) is 17.6 Å². The highest BCUT2D eigenvalue weighted by Crippen LogP contribution is 2.34. The summed E-state index contributed by atoms with van der Waals surface area (Å²) < 4.78 is 27.4. The van der Waals surface area contributed by atoms with Gasteiger partial charge in [-0.15, -0.1) is 11.3 Å². The summed E-state index contributed by atoms with van der Waals surface area (Å²) in [5, 5.41) is 2.72. The highest BCUT2D eigenvalue weighted by atomic mass is 32.2. The van der Waals surface area contributed by atoms with Crippen LogP contribution in [0.1, 0.15) is 29.0 Å². The molecule has 3 rings (SSSR count). The molecular weight excluding hydrogens is 304 g/mol. The standard InChI is InChI=1S/C15H18N2O2S2/c1-11-3-6-14(9-12(11)2)21(18,19)17(13-4-5-13)10-15-16-7-8-20-15/h3,6-9,13H,4-5,10H2,1-2H3. The summed E-state index contributed by atoms with van der Waals surface area (Å²) >= 11 is 1.50. The first-order valence-corrected chi connectivity index (χ1v) is 9.28. The fourth-order valence-electron chi connectivity index (χ4n) is 2.25. The quantitative estimate of drug-likeness (QED) is 0.850. The monoisotopic (exact) mass is 322 g/mol. The van der Waals surface area contributed by atoms with Crippen LogP contribution < -0.4 is 0 Å². The number of benzene rings is 1. The molecule has 0 saturated heterocycles. The number of aromatic nitrogens is 1. The summed E-state index contributed by atoms with van der Waals surface area (Å²) in [5.41, 5.74) is 2.10. The van der Waals surface area contributed by atoms with Crippen LogP contribution in [0.2, 0.25) is 0 Å². The first kappa shape index (κ1) is 14.7. The van der Waals surface area contributed by atoms with Gasteiger partial charge in [0.25, 0.3) is 0 Å². The Labute approximate surface area is 129 Å². The Morgan fingerprint density at radius 3 is 2.62 bits per heavy atom. The van der Waals surface area contributed by atoms with Crippen molar-refractivity contribution in [3.8, 4) is 0 Å². The molecule has 0 N–H and O–H groups in total. The van der Waals surface area contributed by atoms with Crippen LogP contribution in [0.3, 0.4) is 0 Å². The van der Waals surface area contributed by atoms with Crippen LogP contribution in [0.25, 0.3) is 0 Å². The fourth-order valence-corrected chi connectivity index (χ4v) is 4.67. The molecule has 0 amide bonds. The molecule has 2 aromatic rings. The van der Waals surface area contributed by atoms with E-state index >= 15 is 0 Å². The number of aryl methyl sites for hydroxylation is 2. The van der Waals surface area contributed by atoms with Gasteiger partial charge in [0.05, 0.1) is 11.4 Å². The fraction of sp³-hybridized carbons (Fsp3) is 0.400. The van der Waals surface area contributed by atoms with Crippen molar-refractivity contribution in [1.82, 2.24) is 9.29 Å². The molecule has 0 spiro atoms. The number of hydrogen-bond acceptors (Lipinski definition) is 4. The maximum Gasteiger partial charge on any atom is 0.243 e. The Balaban J connectivity index is 1.95. The van der Waals surface area contributed by atoms with Crippen molar-refractivity contribution in [3.05, 3.63) is 45.9 Å². The molecule has 21 heavy (non-hydrogen) atoms. The van der Waals surface area contributed by atoms with Gasteiger partial charge in [0.2, 0.25) is 10.0 Å². The van der Waals surface area contributed by atoms with E-state index in [1.165, 1.54) is 11.3 Å². The second-order valence-corrected chi connectivity index (χ2v) is 8.32. The normalized spacial score (nSPS) is 15.6. The van der Waals surface area contributed by atoms with Gasteiger partial charge >= 0.3 is 0 Å². The zero-order chi connectivity index (χ0) is 15.0. The van der Waals surface area contributed by atoms with E-state index in [0.717, 1.165) is 29.0 Å². The third-order valence-corrected chi connectivity index (χ3v) is 6.47. The second kappa shape index (κ2) is 5.51. The van der Waals surface area contributed by atoms with Crippen LogP contribution in [0.5, 0.6) is 0 Å². The molecule has 112 valence electrons. The molecule has 6 heteroatoms. The molecule has 1 aliphatic carbocycles. The summed E-state index contributed by atoms with van der Waals surface area (Å²) in [5.74, 6) is 0. The van der Waals surface area contributed by atoms with Gasteiger partial charge in [-0.25, -0.2) is 13.4 Å². The van der Waals surface area contributed by atoms with Gasteiger partial charge < -0.3 is 0 Å². The summed E-state index contributed by atoms with van der Waals surface area (Å²) in [6.45, 7) is 4.30. The maximum absolute atomic E-state index is 12.9. The van der Waals surface area contributed by atoms with E-state index in [0.29, 0.717) is 11.4 Å². The van der Waals surface area contributed by atoms with Crippen LogP contribution in [0, 0.1) is 13.8 Å². The lowest BCUT2D eigenvalue weighted by atomic mass is 10.1. The smallest absolute Gasteiger partial charge is 0.243 e. The summed E-state index contributed by atoms with van der Waals surface area (Å²) in [6.07, 6.45) is 3.60. The van der Waals surface area contributed by atoms with E-state index in [1.54, 1.807) is 22.6 Å². The lowest BCUT2D eigenvalue weighted by Crippen LogP contribution is -2.32. The van der Waals surface area contributed by atoms with E-state index in [1.807, 2.05) is 25.3 Å². The zero-order valence-corrected chi connectivity index (χ0v) is 13.7. The topological polar surface area (TPSA) is 50.3 Å². The summed E-state index contributed by atoms with van der Waals surface area (Å²) in [7, 11) is -3.45. The third kappa shape index (κ3) is 3.02. The van der Waals surface area contributed by atoms with Crippen LogP contribution in [-0.2, 0) is 16.6 Å². The van der Waals surface area contributed by atoms with E-state index in [9.17, 15) is 8.42 Å². The average Bonchev–Trinajstić information content (AvgIpc) is 3.15. The Morgan fingerprint density at radius 1 is 1.29 bits per heavy atom. The van der Waals surface area contributed by atoms with Gasteiger partial charge in [-0.3, -0.25) is 0 Å². The number of hydrogen-bond donors (Lipinski definition) is 0. The molecule has 1 aliphatic rings. The van der Waals surface area contributed by atoms with Crippen LogP contribution in [0.15, 0.2) is 34.7 Å². The minimum absolute atomic E-state index is 0.125. The van der Waals surface area contributed by atoms with Crippen LogP contribution >= 0.6 is 11.3 Å². The molecule has 4 nitrogen and oxygen atoms in total. The summed E-state index contributed by atoms with van der Waals surface area (Å²) in [6, 6.07) is 5.47. The number of sulfonamides is 1. The van der Waals surface area contributed by atoms with E-state index in [4.69, 9.17) is 0 Å². The van der Waals surface area contributed by atoms with Crippen molar-refractivity contribution in [2.75, 3.05) is 0 Å². The molecule has 0 atom stereocenters. The molecule has 0 radical (unpaired) electrons. The Bertz CT molecular complexity index is 735. The Kier molecular flexibility index (Phi) is 3.86. The van der Waals surface area contributed by atoms with Crippen molar-refractivity contribution in [3.63, 3.8) is 0 Å². The molecule has 1 saturated carbocycles. The number of nitrogens with zero attached hydrogens (tertiary/aromatic N) is 2. The maximum atomic E-state index is 12.9. The van der Waals surface area contributed by atoms with Gasteiger partial charge in [-0.1, -0.05) is 6.07 Å². The average molecular weight is 322 g/mol.